The molecule has 2 fully saturated rings. The summed E-state index contributed by atoms with van der Waals surface area (Å²) in [5, 5.41) is 14.2. The van der Waals surface area contributed by atoms with Crippen LogP contribution < -0.4 is 10.1 Å². The molecule has 35 heavy (non-hydrogen) atoms. The summed E-state index contributed by atoms with van der Waals surface area (Å²) < 4.78 is 5.95. The minimum absolute atomic E-state index is 0.0382. The van der Waals surface area contributed by atoms with E-state index in [2.05, 4.69) is 40.9 Å². The first-order valence-electron chi connectivity index (χ1n) is 13.6. The van der Waals surface area contributed by atoms with Gasteiger partial charge in [-0.15, -0.1) is 0 Å². The van der Waals surface area contributed by atoms with E-state index in [9.17, 15) is 9.90 Å². The molecule has 2 aliphatic rings. The van der Waals surface area contributed by atoms with E-state index in [1.165, 1.54) is 12.8 Å². The summed E-state index contributed by atoms with van der Waals surface area (Å²) in [6.07, 6.45) is 5.98. The number of aliphatic hydroxyl groups excluding tert-OH is 1. The molecule has 2 aromatic rings. The predicted molar refractivity (Wildman–Crippen MR) is 141 cm³/mol. The molecule has 194 valence electrons. The number of rotatable bonds is 10. The molecule has 2 aliphatic heterocycles. The quantitative estimate of drug-likeness (QED) is 0.475. The van der Waals surface area contributed by atoms with E-state index in [1.807, 2.05) is 24.3 Å². The Kier molecular flexibility index (Phi) is 9.09. The van der Waals surface area contributed by atoms with E-state index in [1.54, 1.807) is 0 Å². The standard InChI is InChI=1S/C28H44N4O3/c1-4-6-22-17-23(33)11-14-32(22)16-15-31-12-9-21(10-13-31)29-28(34)26-18-24-25(30-26)7-5-8-27(24)35-19-20(2)3/h5,7-8,18,20-23,30,33H,4,6,9-17,19H2,1-3H3,(H,29,34)/t22?,23-/m0/s1. The number of nitrogens with zero attached hydrogens (tertiary/aromatic N) is 2. The Morgan fingerprint density at radius 2 is 2.00 bits per heavy atom. The Hall–Kier alpha value is -2.09. The molecule has 7 heteroatoms. The normalized spacial score (nSPS) is 22.7. The highest BCUT2D eigenvalue weighted by molar-refractivity contribution is 5.99. The minimum atomic E-state index is -0.126. The summed E-state index contributed by atoms with van der Waals surface area (Å²) in [6, 6.07) is 8.56. The zero-order valence-electron chi connectivity index (χ0n) is 21.8. The van der Waals surface area contributed by atoms with Crippen LogP contribution in [0.3, 0.4) is 0 Å². The lowest BCUT2D eigenvalue weighted by Gasteiger charge is -2.40. The fourth-order valence-electron chi connectivity index (χ4n) is 5.47. The van der Waals surface area contributed by atoms with E-state index < -0.39 is 0 Å². The molecule has 3 N–H and O–H groups in total. The molecule has 1 aromatic carbocycles. The van der Waals surface area contributed by atoms with Crippen LogP contribution in [-0.2, 0) is 0 Å². The molecule has 0 bridgehead atoms. The summed E-state index contributed by atoms with van der Waals surface area (Å²) in [6.45, 7) is 12.3. The third-order valence-electron chi connectivity index (χ3n) is 7.50. The lowest BCUT2D eigenvalue weighted by Crippen LogP contribution is -2.49. The SMILES string of the molecule is CCCC1C[C@@H](O)CCN1CCN1CCC(NC(=O)c2cc3c(OCC(C)C)cccc3[nH]2)CC1. The maximum Gasteiger partial charge on any atom is 0.267 e. The number of likely N-dealkylation sites (tertiary alicyclic amines) is 2. The maximum atomic E-state index is 13.0. The fourth-order valence-corrected chi connectivity index (χ4v) is 5.47. The van der Waals surface area contributed by atoms with Crippen molar-refractivity contribution in [2.45, 2.75) is 77.5 Å². The van der Waals surface area contributed by atoms with Crippen LogP contribution in [0, 0.1) is 5.92 Å². The maximum absolute atomic E-state index is 13.0. The molecule has 7 nitrogen and oxygen atoms in total. The lowest BCUT2D eigenvalue weighted by atomic mass is 9.96. The number of carbonyl (C=O) groups excluding carboxylic acids is 1. The number of ether oxygens (including phenoxy) is 1. The van der Waals surface area contributed by atoms with Crippen molar-refractivity contribution in [3.8, 4) is 5.75 Å². The number of aromatic amines is 1. The first kappa shape index (κ1) is 26.0. The van der Waals surface area contributed by atoms with Crippen molar-refractivity contribution < 1.29 is 14.6 Å². The number of hydrogen-bond acceptors (Lipinski definition) is 5. The molecule has 0 radical (unpaired) electrons. The van der Waals surface area contributed by atoms with Gasteiger partial charge in [0.25, 0.3) is 5.91 Å². The van der Waals surface area contributed by atoms with Gasteiger partial charge in [-0.05, 0) is 56.2 Å². The van der Waals surface area contributed by atoms with Crippen LogP contribution in [0.5, 0.6) is 5.75 Å². The van der Waals surface area contributed by atoms with Gasteiger partial charge in [0.05, 0.1) is 12.7 Å². The highest BCUT2D eigenvalue weighted by Gasteiger charge is 2.28. The van der Waals surface area contributed by atoms with Gasteiger partial charge >= 0.3 is 0 Å². The number of H-pyrrole nitrogens is 1. The average Bonchev–Trinajstić information content (AvgIpc) is 3.29. The van der Waals surface area contributed by atoms with Crippen LogP contribution in [0.2, 0.25) is 0 Å². The van der Waals surface area contributed by atoms with Crippen LogP contribution in [0.1, 0.15) is 69.8 Å². The molecule has 1 aromatic heterocycles. The molecular weight excluding hydrogens is 440 g/mol. The van der Waals surface area contributed by atoms with Gasteiger partial charge in [0.15, 0.2) is 0 Å². The Morgan fingerprint density at radius 3 is 2.74 bits per heavy atom. The highest BCUT2D eigenvalue weighted by atomic mass is 16.5. The number of carbonyl (C=O) groups is 1. The number of amides is 1. The van der Waals surface area contributed by atoms with Crippen molar-refractivity contribution in [3.05, 3.63) is 30.0 Å². The zero-order chi connectivity index (χ0) is 24.8. The monoisotopic (exact) mass is 484 g/mol. The van der Waals surface area contributed by atoms with Crippen molar-refractivity contribution in [1.82, 2.24) is 20.1 Å². The Bertz CT molecular complexity index is 951. The van der Waals surface area contributed by atoms with Crippen molar-refractivity contribution in [2.24, 2.45) is 5.92 Å². The van der Waals surface area contributed by atoms with Gasteiger partial charge in [0.2, 0.25) is 0 Å². The van der Waals surface area contributed by atoms with Gasteiger partial charge in [-0.3, -0.25) is 9.69 Å². The summed E-state index contributed by atoms with van der Waals surface area (Å²) in [5.41, 5.74) is 1.52. The van der Waals surface area contributed by atoms with Crippen molar-refractivity contribution in [1.29, 1.82) is 0 Å². The molecule has 0 aliphatic carbocycles. The first-order valence-corrected chi connectivity index (χ1v) is 13.6. The van der Waals surface area contributed by atoms with E-state index in [-0.39, 0.29) is 18.1 Å². The van der Waals surface area contributed by atoms with E-state index in [0.29, 0.717) is 24.3 Å². The molecule has 1 unspecified atom stereocenters. The Balaban J connectivity index is 1.25. The van der Waals surface area contributed by atoms with Gasteiger partial charge in [0.1, 0.15) is 11.4 Å². The largest absolute Gasteiger partial charge is 0.493 e. The van der Waals surface area contributed by atoms with Gasteiger partial charge in [-0.25, -0.2) is 0 Å². The second-order valence-electron chi connectivity index (χ2n) is 10.9. The van der Waals surface area contributed by atoms with E-state index >= 15 is 0 Å². The van der Waals surface area contributed by atoms with Gasteiger partial charge < -0.3 is 25.0 Å². The lowest BCUT2D eigenvalue weighted by molar-refractivity contribution is 0.0308. The number of aromatic nitrogens is 1. The van der Waals surface area contributed by atoms with Gasteiger partial charge in [-0.2, -0.15) is 0 Å². The summed E-state index contributed by atoms with van der Waals surface area (Å²) in [4.78, 5) is 21.4. The number of piperidine rings is 2. The zero-order valence-corrected chi connectivity index (χ0v) is 21.8. The van der Waals surface area contributed by atoms with Crippen molar-refractivity contribution in [3.63, 3.8) is 0 Å². The number of hydrogen-bond donors (Lipinski definition) is 3. The van der Waals surface area contributed by atoms with Crippen LogP contribution in [-0.4, -0.2) is 83.3 Å². The van der Waals surface area contributed by atoms with Crippen LogP contribution in [0.4, 0.5) is 0 Å². The number of aliphatic hydroxyl groups is 1. The molecular formula is C28H44N4O3. The van der Waals surface area contributed by atoms with E-state index in [4.69, 9.17) is 4.74 Å². The Morgan fingerprint density at radius 1 is 1.20 bits per heavy atom. The highest BCUT2D eigenvalue weighted by Crippen LogP contribution is 2.27. The molecule has 0 saturated carbocycles. The third-order valence-corrected chi connectivity index (χ3v) is 7.50. The average molecular weight is 485 g/mol. The summed E-state index contributed by atoms with van der Waals surface area (Å²) >= 11 is 0. The Labute approximate surface area is 210 Å². The second kappa shape index (κ2) is 12.2. The van der Waals surface area contributed by atoms with Crippen LogP contribution in [0.25, 0.3) is 10.9 Å². The first-order chi connectivity index (χ1) is 16.9. The van der Waals surface area contributed by atoms with E-state index in [0.717, 1.165) is 75.1 Å². The molecule has 3 heterocycles. The molecule has 4 rings (SSSR count). The molecule has 0 spiro atoms. The summed E-state index contributed by atoms with van der Waals surface area (Å²) in [7, 11) is 0. The summed E-state index contributed by atoms with van der Waals surface area (Å²) in [5.74, 6) is 1.23. The fraction of sp³-hybridized carbons (Fsp3) is 0.679. The molecule has 2 saturated heterocycles. The van der Waals surface area contributed by atoms with Crippen molar-refractivity contribution in [2.75, 3.05) is 39.3 Å². The minimum Gasteiger partial charge on any atom is -0.493 e. The van der Waals surface area contributed by atoms with Crippen molar-refractivity contribution >= 4 is 16.8 Å². The molecule has 2 atom stereocenters. The third kappa shape index (κ3) is 6.99. The van der Waals surface area contributed by atoms with Gasteiger partial charge in [-0.1, -0.05) is 33.3 Å². The molecule has 1 amide bonds. The smallest absolute Gasteiger partial charge is 0.267 e. The number of fused-ring (bicyclic) bond motifs is 1. The predicted octanol–water partition coefficient (Wildman–Crippen LogP) is 4.02. The van der Waals surface area contributed by atoms with Crippen LogP contribution in [0.15, 0.2) is 24.3 Å². The second-order valence-corrected chi connectivity index (χ2v) is 10.9. The van der Waals surface area contributed by atoms with Crippen LogP contribution >= 0.6 is 0 Å². The topological polar surface area (TPSA) is 80.8 Å². The number of nitrogens with one attached hydrogen (secondary N) is 2. The van der Waals surface area contributed by atoms with Gasteiger partial charge in [0, 0.05) is 55.7 Å². The number of benzene rings is 1.